The van der Waals surface area contributed by atoms with Crippen molar-refractivity contribution in [2.24, 2.45) is 0 Å². The van der Waals surface area contributed by atoms with Gasteiger partial charge in [-0.15, -0.1) is 0 Å². The molecule has 0 atom stereocenters. The lowest BCUT2D eigenvalue weighted by molar-refractivity contribution is 0.468. The summed E-state index contributed by atoms with van der Waals surface area (Å²) in [5.74, 6) is 1.07. The maximum absolute atomic E-state index is 4.43. The molecule has 3 nitrogen and oxygen atoms in total. The maximum atomic E-state index is 4.43. The molecular weight excluding hydrogens is 210 g/mol. The summed E-state index contributed by atoms with van der Waals surface area (Å²) in [5.41, 5.74) is 0. The van der Waals surface area contributed by atoms with Gasteiger partial charge in [0, 0.05) is 25.0 Å². The van der Waals surface area contributed by atoms with Crippen molar-refractivity contribution in [3.63, 3.8) is 0 Å². The van der Waals surface area contributed by atoms with Crippen LogP contribution in [0.1, 0.15) is 58.3 Å². The van der Waals surface area contributed by atoms with Crippen LogP contribution in [0.5, 0.6) is 0 Å². The first-order chi connectivity index (χ1) is 8.40. The van der Waals surface area contributed by atoms with Gasteiger partial charge in [-0.05, 0) is 19.3 Å². The zero-order valence-electron chi connectivity index (χ0n) is 11.0. The molecule has 17 heavy (non-hydrogen) atoms. The number of nitrogens with one attached hydrogen (secondary N) is 1. The number of hydrogen-bond acceptors (Lipinski definition) is 2. The van der Waals surface area contributed by atoms with Gasteiger partial charge in [0.05, 0.1) is 0 Å². The molecule has 0 unspecified atom stereocenters. The molecule has 1 saturated carbocycles. The molecule has 1 heterocycles. The zero-order chi connectivity index (χ0) is 11.9. The highest BCUT2D eigenvalue weighted by molar-refractivity contribution is 5.27. The Bertz CT molecular complexity index is 311. The first kappa shape index (κ1) is 12.5. The summed E-state index contributed by atoms with van der Waals surface area (Å²) in [4.78, 5) is 4.43. The van der Waals surface area contributed by atoms with E-state index in [2.05, 4.69) is 28.0 Å². The van der Waals surface area contributed by atoms with Crippen LogP contribution < -0.4 is 5.32 Å². The van der Waals surface area contributed by atoms with Crippen LogP contribution in [0.3, 0.4) is 0 Å². The highest BCUT2D eigenvalue weighted by atomic mass is 15.2. The number of imidazole rings is 1. The van der Waals surface area contributed by atoms with Crippen LogP contribution in [0, 0.1) is 0 Å². The largest absolute Gasteiger partial charge is 0.353 e. The number of rotatable bonds is 4. The Balaban J connectivity index is 1.91. The molecule has 96 valence electrons. The van der Waals surface area contributed by atoms with Gasteiger partial charge in [-0.3, -0.25) is 0 Å². The fourth-order valence-electron chi connectivity index (χ4n) is 2.65. The smallest absolute Gasteiger partial charge is 0.202 e. The second-order valence-electron chi connectivity index (χ2n) is 5.13. The van der Waals surface area contributed by atoms with Crippen LogP contribution in [0.4, 0.5) is 5.95 Å². The highest BCUT2D eigenvalue weighted by Gasteiger charge is 2.13. The third-order valence-corrected chi connectivity index (χ3v) is 3.62. The Hall–Kier alpha value is -0.990. The molecule has 0 bridgehead atoms. The van der Waals surface area contributed by atoms with Crippen LogP contribution >= 0.6 is 0 Å². The maximum Gasteiger partial charge on any atom is 0.202 e. The lowest BCUT2D eigenvalue weighted by Gasteiger charge is -2.22. The molecule has 0 aliphatic heterocycles. The second-order valence-corrected chi connectivity index (χ2v) is 5.13. The van der Waals surface area contributed by atoms with E-state index in [1.54, 1.807) is 0 Å². The van der Waals surface area contributed by atoms with Gasteiger partial charge in [0.15, 0.2) is 0 Å². The third kappa shape index (κ3) is 3.76. The first-order valence-corrected chi connectivity index (χ1v) is 7.18. The molecule has 1 fully saturated rings. The first-order valence-electron chi connectivity index (χ1n) is 7.18. The van der Waals surface area contributed by atoms with Crippen molar-refractivity contribution in [1.82, 2.24) is 9.55 Å². The SMILES string of the molecule is CCCn1ccnc1NC1CCCCCCC1. The standard InChI is InChI=1S/C14H25N3/c1-2-11-17-12-10-15-14(17)16-13-8-6-4-3-5-7-9-13/h10,12-13H,2-9,11H2,1H3,(H,15,16). The molecule has 0 aromatic carbocycles. The van der Waals surface area contributed by atoms with Gasteiger partial charge in [-0.2, -0.15) is 0 Å². The van der Waals surface area contributed by atoms with E-state index >= 15 is 0 Å². The van der Waals surface area contributed by atoms with Gasteiger partial charge in [0.1, 0.15) is 0 Å². The molecule has 1 aliphatic rings. The van der Waals surface area contributed by atoms with Gasteiger partial charge in [0.25, 0.3) is 0 Å². The summed E-state index contributed by atoms with van der Waals surface area (Å²) in [6.07, 6.45) is 14.7. The van der Waals surface area contributed by atoms with Crippen LogP contribution in [0.25, 0.3) is 0 Å². The number of aromatic nitrogens is 2. The number of aryl methyl sites for hydroxylation is 1. The van der Waals surface area contributed by atoms with E-state index in [1.807, 2.05) is 6.20 Å². The Kier molecular flexibility index (Phi) is 4.89. The lowest BCUT2D eigenvalue weighted by Crippen LogP contribution is -2.22. The van der Waals surface area contributed by atoms with E-state index in [1.165, 1.54) is 44.9 Å². The minimum absolute atomic E-state index is 0.633. The van der Waals surface area contributed by atoms with Crippen molar-refractivity contribution in [1.29, 1.82) is 0 Å². The molecule has 0 amide bonds. The van der Waals surface area contributed by atoms with E-state index in [0.29, 0.717) is 6.04 Å². The van der Waals surface area contributed by atoms with Crippen LogP contribution in [0.2, 0.25) is 0 Å². The zero-order valence-corrected chi connectivity index (χ0v) is 11.0. The molecular formula is C14H25N3. The summed E-state index contributed by atoms with van der Waals surface area (Å²) in [6, 6.07) is 0.633. The lowest BCUT2D eigenvalue weighted by atomic mass is 9.97. The van der Waals surface area contributed by atoms with E-state index in [-0.39, 0.29) is 0 Å². The van der Waals surface area contributed by atoms with Crippen LogP contribution in [0.15, 0.2) is 12.4 Å². The Labute approximate surface area is 105 Å². The molecule has 0 saturated heterocycles. The molecule has 3 heteroatoms. The van der Waals surface area contributed by atoms with Gasteiger partial charge in [-0.1, -0.05) is 39.0 Å². The topological polar surface area (TPSA) is 29.9 Å². The molecule has 1 aromatic rings. The number of anilines is 1. The third-order valence-electron chi connectivity index (χ3n) is 3.62. The van der Waals surface area contributed by atoms with Crippen molar-refractivity contribution in [3.05, 3.63) is 12.4 Å². The molecule has 0 radical (unpaired) electrons. The normalized spacial score (nSPS) is 18.6. The Morgan fingerprint density at radius 1 is 1.24 bits per heavy atom. The van der Waals surface area contributed by atoms with E-state index in [0.717, 1.165) is 18.9 Å². The predicted octanol–water partition coefficient (Wildman–Crippen LogP) is 3.82. The number of hydrogen-bond donors (Lipinski definition) is 1. The van der Waals surface area contributed by atoms with Crippen molar-refractivity contribution >= 4 is 5.95 Å². The summed E-state index contributed by atoms with van der Waals surface area (Å²) < 4.78 is 2.23. The summed E-state index contributed by atoms with van der Waals surface area (Å²) >= 11 is 0. The fraction of sp³-hybridized carbons (Fsp3) is 0.786. The van der Waals surface area contributed by atoms with Crippen LogP contribution in [-0.4, -0.2) is 15.6 Å². The summed E-state index contributed by atoms with van der Waals surface area (Å²) in [6.45, 7) is 3.27. The van der Waals surface area contributed by atoms with Gasteiger partial charge in [0.2, 0.25) is 5.95 Å². The fourth-order valence-corrected chi connectivity index (χ4v) is 2.65. The van der Waals surface area contributed by atoms with Crippen molar-refractivity contribution in [3.8, 4) is 0 Å². The van der Waals surface area contributed by atoms with Crippen molar-refractivity contribution in [2.75, 3.05) is 5.32 Å². The van der Waals surface area contributed by atoms with E-state index in [4.69, 9.17) is 0 Å². The van der Waals surface area contributed by atoms with E-state index in [9.17, 15) is 0 Å². The molecule has 2 rings (SSSR count). The van der Waals surface area contributed by atoms with Crippen molar-refractivity contribution < 1.29 is 0 Å². The minimum atomic E-state index is 0.633. The van der Waals surface area contributed by atoms with Crippen LogP contribution in [-0.2, 0) is 6.54 Å². The predicted molar refractivity (Wildman–Crippen MR) is 72.2 cm³/mol. The molecule has 1 N–H and O–H groups in total. The molecule has 0 spiro atoms. The molecule has 1 aromatic heterocycles. The average molecular weight is 235 g/mol. The average Bonchev–Trinajstić information content (AvgIpc) is 2.70. The quantitative estimate of drug-likeness (QED) is 0.860. The highest BCUT2D eigenvalue weighted by Crippen LogP contribution is 2.20. The van der Waals surface area contributed by atoms with Gasteiger partial charge >= 0.3 is 0 Å². The Morgan fingerprint density at radius 2 is 1.94 bits per heavy atom. The Morgan fingerprint density at radius 3 is 2.65 bits per heavy atom. The second kappa shape index (κ2) is 6.67. The summed E-state index contributed by atoms with van der Waals surface area (Å²) in [7, 11) is 0. The minimum Gasteiger partial charge on any atom is -0.353 e. The van der Waals surface area contributed by atoms with E-state index < -0.39 is 0 Å². The van der Waals surface area contributed by atoms with Gasteiger partial charge in [-0.25, -0.2) is 4.98 Å². The van der Waals surface area contributed by atoms with Crippen molar-refractivity contribution in [2.45, 2.75) is 70.9 Å². The summed E-state index contributed by atoms with van der Waals surface area (Å²) in [5, 5.41) is 3.63. The molecule has 1 aliphatic carbocycles. The monoisotopic (exact) mass is 235 g/mol. The number of nitrogens with zero attached hydrogens (tertiary/aromatic N) is 2. The van der Waals surface area contributed by atoms with Gasteiger partial charge < -0.3 is 9.88 Å².